The Morgan fingerprint density at radius 1 is 1.29 bits per heavy atom. The Bertz CT molecular complexity index is 580. The quantitative estimate of drug-likeness (QED) is 0.922. The lowest BCUT2D eigenvalue weighted by atomic mass is 9.76. The van der Waals surface area contributed by atoms with Crippen molar-refractivity contribution in [3.05, 3.63) is 35.9 Å². The van der Waals surface area contributed by atoms with Gasteiger partial charge in [0.25, 0.3) is 5.91 Å². The van der Waals surface area contributed by atoms with Crippen LogP contribution in [0, 0.1) is 5.92 Å². The number of likely N-dealkylation sites (tertiary alicyclic amines) is 1. The number of benzene rings is 1. The molecule has 1 aromatic carbocycles. The Labute approximate surface area is 143 Å². The fraction of sp³-hybridized carbons (Fsp3) is 0.579. The van der Waals surface area contributed by atoms with E-state index in [4.69, 9.17) is 4.74 Å². The lowest BCUT2D eigenvalue weighted by Crippen LogP contribution is -2.59. The van der Waals surface area contributed by atoms with Crippen LogP contribution in [0.25, 0.3) is 0 Å². The van der Waals surface area contributed by atoms with Crippen molar-refractivity contribution in [2.75, 3.05) is 19.6 Å². The Morgan fingerprint density at radius 2 is 2.00 bits per heavy atom. The molecule has 0 aromatic heterocycles. The van der Waals surface area contributed by atoms with Gasteiger partial charge in [0.05, 0.1) is 0 Å². The van der Waals surface area contributed by atoms with Crippen molar-refractivity contribution >= 4 is 12.0 Å². The van der Waals surface area contributed by atoms with Crippen LogP contribution in [0.1, 0.15) is 49.4 Å². The van der Waals surface area contributed by atoms with Crippen molar-refractivity contribution in [2.24, 2.45) is 5.92 Å². The van der Waals surface area contributed by atoms with Crippen LogP contribution in [0.4, 0.5) is 4.79 Å². The summed E-state index contributed by atoms with van der Waals surface area (Å²) in [5.41, 5.74) is 0.323. The van der Waals surface area contributed by atoms with Crippen LogP contribution >= 0.6 is 0 Å². The van der Waals surface area contributed by atoms with Crippen LogP contribution in [0.3, 0.4) is 0 Å². The molecule has 2 heterocycles. The molecule has 24 heavy (non-hydrogen) atoms. The topological polar surface area (TPSA) is 58.6 Å². The average molecular weight is 330 g/mol. The number of carbonyl (C=O) groups excluding carboxylic acids is 2. The van der Waals surface area contributed by atoms with Gasteiger partial charge in [0.1, 0.15) is 5.60 Å². The fourth-order valence-electron chi connectivity index (χ4n) is 3.87. The highest BCUT2D eigenvalue weighted by atomic mass is 16.6. The predicted molar refractivity (Wildman–Crippen MR) is 91.8 cm³/mol. The number of carbonyl (C=O) groups is 2. The van der Waals surface area contributed by atoms with E-state index >= 15 is 0 Å². The van der Waals surface area contributed by atoms with Gasteiger partial charge < -0.3 is 15.0 Å². The van der Waals surface area contributed by atoms with Crippen LogP contribution in [0.2, 0.25) is 0 Å². The summed E-state index contributed by atoms with van der Waals surface area (Å²) in [7, 11) is 0. The van der Waals surface area contributed by atoms with Gasteiger partial charge in [-0.1, -0.05) is 38.0 Å². The molecule has 1 spiro atoms. The van der Waals surface area contributed by atoms with Crippen molar-refractivity contribution in [2.45, 2.75) is 44.6 Å². The first-order valence-corrected chi connectivity index (χ1v) is 8.96. The monoisotopic (exact) mass is 330 g/mol. The first-order valence-electron chi connectivity index (χ1n) is 8.96. The van der Waals surface area contributed by atoms with Gasteiger partial charge in [-0.3, -0.25) is 4.79 Å². The largest absolute Gasteiger partial charge is 0.442 e. The second-order valence-electron chi connectivity index (χ2n) is 6.83. The summed E-state index contributed by atoms with van der Waals surface area (Å²) >= 11 is 0. The van der Waals surface area contributed by atoms with Gasteiger partial charge >= 0.3 is 6.09 Å². The standard InChI is InChI=1S/C19H26N2O3/c1-2-3-9-16-14-20-18(23)24-19(16)10-12-21(13-11-19)17(22)15-7-5-4-6-8-15/h4-8,16H,2-3,9-14H2,1H3,(H,20,23). The molecule has 2 amide bonds. The molecule has 1 unspecified atom stereocenters. The third kappa shape index (κ3) is 3.40. The van der Waals surface area contributed by atoms with Gasteiger partial charge in [0.2, 0.25) is 0 Å². The summed E-state index contributed by atoms with van der Waals surface area (Å²) < 4.78 is 5.77. The molecule has 5 heteroatoms. The number of hydrogen-bond acceptors (Lipinski definition) is 3. The number of alkyl carbamates (subject to hydrolysis) is 1. The van der Waals surface area contributed by atoms with Crippen LogP contribution in [0.15, 0.2) is 30.3 Å². The zero-order chi connectivity index (χ0) is 17.0. The maximum atomic E-state index is 12.6. The minimum Gasteiger partial charge on any atom is -0.442 e. The Morgan fingerprint density at radius 3 is 2.67 bits per heavy atom. The number of unbranched alkanes of at least 4 members (excludes halogenated alkanes) is 1. The highest BCUT2D eigenvalue weighted by molar-refractivity contribution is 5.94. The first kappa shape index (κ1) is 16.8. The van der Waals surface area contributed by atoms with Gasteiger partial charge in [-0.15, -0.1) is 0 Å². The van der Waals surface area contributed by atoms with E-state index in [0.717, 1.165) is 37.7 Å². The van der Waals surface area contributed by atoms with Crippen molar-refractivity contribution in [1.82, 2.24) is 10.2 Å². The van der Waals surface area contributed by atoms with Crippen LogP contribution in [-0.4, -0.2) is 42.1 Å². The molecule has 1 N–H and O–H groups in total. The van der Waals surface area contributed by atoms with E-state index in [1.54, 1.807) is 0 Å². The zero-order valence-electron chi connectivity index (χ0n) is 14.3. The van der Waals surface area contributed by atoms with Gasteiger partial charge in [0.15, 0.2) is 0 Å². The molecular formula is C19H26N2O3. The van der Waals surface area contributed by atoms with E-state index in [0.29, 0.717) is 25.6 Å². The predicted octanol–water partition coefficient (Wildman–Crippen LogP) is 3.21. The molecule has 0 radical (unpaired) electrons. The summed E-state index contributed by atoms with van der Waals surface area (Å²) in [5.74, 6) is 0.403. The molecule has 2 aliphatic rings. The van der Waals surface area contributed by atoms with Gasteiger partial charge in [-0.05, 0) is 18.6 Å². The summed E-state index contributed by atoms with van der Waals surface area (Å²) in [4.78, 5) is 26.3. The minimum absolute atomic E-state index is 0.0656. The highest BCUT2D eigenvalue weighted by Crippen LogP contribution is 2.38. The number of nitrogens with one attached hydrogen (secondary N) is 1. The molecule has 130 valence electrons. The SMILES string of the molecule is CCCCC1CNC(=O)OC12CCN(C(=O)c1ccccc1)CC2. The minimum atomic E-state index is -0.398. The van der Waals surface area contributed by atoms with Crippen LogP contribution < -0.4 is 5.32 Å². The number of ether oxygens (including phenoxy) is 1. The second kappa shape index (κ2) is 7.24. The molecule has 2 aliphatic heterocycles. The number of hydrogen-bond donors (Lipinski definition) is 1. The molecule has 1 aromatic rings. The lowest BCUT2D eigenvalue weighted by molar-refractivity contribution is -0.0896. The first-order chi connectivity index (χ1) is 11.6. The third-order valence-corrected chi connectivity index (χ3v) is 5.36. The normalized spacial score (nSPS) is 22.8. The van der Waals surface area contributed by atoms with E-state index in [2.05, 4.69) is 12.2 Å². The van der Waals surface area contributed by atoms with Gasteiger partial charge in [0, 0.05) is 44.0 Å². The molecule has 0 aliphatic carbocycles. The Hall–Kier alpha value is -2.04. The van der Waals surface area contributed by atoms with Gasteiger partial charge in [-0.25, -0.2) is 4.79 Å². The second-order valence-corrected chi connectivity index (χ2v) is 6.83. The smallest absolute Gasteiger partial charge is 0.407 e. The van der Waals surface area contributed by atoms with Crippen molar-refractivity contribution in [1.29, 1.82) is 0 Å². The molecule has 1 atom stereocenters. The molecular weight excluding hydrogens is 304 g/mol. The van der Waals surface area contributed by atoms with E-state index < -0.39 is 5.60 Å². The summed E-state index contributed by atoms with van der Waals surface area (Å²) in [6, 6.07) is 9.37. The van der Waals surface area contributed by atoms with Crippen LogP contribution in [-0.2, 0) is 4.74 Å². The maximum absolute atomic E-state index is 12.6. The summed E-state index contributed by atoms with van der Waals surface area (Å²) in [6.45, 7) is 4.15. The molecule has 2 saturated heterocycles. The Balaban J connectivity index is 1.67. The zero-order valence-corrected chi connectivity index (χ0v) is 14.3. The van der Waals surface area contributed by atoms with Crippen molar-refractivity contribution in [3.63, 3.8) is 0 Å². The highest BCUT2D eigenvalue weighted by Gasteiger charge is 2.47. The van der Waals surface area contributed by atoms with Crippen molar-refractivity contribution in [3.8, 4) is 0 Å². The van der Waals surface area contributed by atoms with E-state index in [9.17, 15) is 9.59 Å². The molecule has 0 bridgehead atoms. The number of piperidine rings is 1. The molecule has 2 fully saturated rings. The summed E-state index contributed by atoms with van der Waals surface area (Å²) in [6.07, 6.45) is 4.48. The number of rotatable bonds is 4. The third-order valence-electron chi connectivity index (χ3n) is 5.36. The van der Waals surface area contributed by atoms with E-state index in [1.807, 2.05) is 35.2 Å². The van der Waals surface area contributed by atoms with Gasteiger partial charge in [-0.2, -0.15) is 0 Å². The molecule has 5 nitrogen and oxygen atoms in total. The maximum Gasteiger partial charge on any atom is 0.407 e. The molecule has 0 saturated carbocycles. The Kier molecular flexibility index (Phi) is 5.07. The summed E-state index contributed by atoms with van der Waals surface area (Å²) in [5, 5.41) is 2.83. The number of nitrogens with zero attached hydrogens (tertiary/aromatic N) is 1. The van der Waals surface area contributed by atoms with Crippen LogP contribution in [0.5, 0.6) is 0 Å². The fourth-order valence-corrected chi connectivity index (χ4v) is 3.87. The van der Waals surface area contributed by atoms with E-state index in [1.165, 1.54) is 0 Å². The van der Waals surface area contributed by atoms with Crippen molar-refractivity contribution < 1.29 is 14.3 Å². The molecule has 3 rings (SSSR count). The lowest BCUT2D eigenvalue weighted by Gasteiger charge is -2.48. The average Bonchev–Trinajstić information content (AvgIpc) is 2.62. The number of amides is 2. The van der Waals surface area contributed by atoms with E-state index in [-0.39, 0.29) is 12.0 Å².